The largest absolute Gasteiger partial charge is 0.392 e. The second-order valence-electron chi connectivity index (χ2n) is 15.2. The summed E-state index contributed by atoms with van der Waals surface area (Å²) in [5.41, 5.74) is 3.96. The quantitative estimate of drug-likeness (QED) is 0.387. The first kappa shape index (κ1) is 22.5. The highest BCUT2D eigenvalue weighted by Crippen LogP contribution is 2.77. The van der Waals surface area contributed by atoms with Crippen LogP contribution in [-0.2, 0) is 0 Å². The summed E-state index contributed by atoms with van der Waals surface area (Å²) in [4.78, 5) is 0. The van der Waals surface area contributed by atoms with Crippen molar-refractivity contribution in [3.8, 4) is 0 Å². The fourth-order valence-electron chi connectivity index (χ4n) is 10.4. The fraction of sp³-hybridized carbons (Fsp3) is 0.933. The molecule has 5 aliphatic rings. The summed E-state index contributed by atoms with van der Waals surface area (Å²) in [7, 11) is 0. The molecule has 5 aliphatic carbocycles. The minimum Gasteiger partial charge on any atom is -0.392 e. The van der Waals surface area contributed by atoms with E-state index in [4.69, 9.17) is 0 Å². The van der Waals surface area contributed by atoms with Gasteiger partial charge in [0.15, 0.2) is 0 Å². The zero-order valence-electron chi connectivity index (χ0n) is 21.9. The summed E-state index contributed by atoms with van der Waals surface area (Å²) in [6, 6.07) is 0. The Morgan fingerprint density at radius 2 is 1.35 bits per heavy atom. The maximum atomic E-state index is 10.8. The molecule has 1 nitrogen and oxygen atoms in total. The average Bonchev–Trinajstić information content (AvgIpc) is 2.68. The van der Waals surface area contributed by atoms with Crippen molar-refractivity contribution >= 4 is 0 Å². The first-order valence-electron chi connectivity index (χ1n) is 13.6. The van der Waals surface area contributed by atoms with Crippen molar-refractivity contribution in [2.24, 2.45) is 50.2 Å². The lowest BCUT2D eigenvalue weighted by atomic mass is 9.31. The number of hydrogen-bond acceptors (Lipinski definition) is 1. The Hall–Kier alpha value is -0.300. The Balaban J connectivity index is 1.57. The number of allylic oxidation sites excluding steroid dienone is 1. The van der Waals surface area contributed by atoms with E-state index in [1.54, 1.807) is 5.57 Å². The second-order valence-corrected chi connectivity index (χ2v) is 15.2. The van der Waals surface area contributed by atoms with E-state index in [0.717, 1.165) is 18.3 Å². The van der Waals surface area contributed by atoms with Crippen LogP contribution in [0.25, 0.3) is 0 Å². The number of aliphatic hydroxyl groups is 1. The zero-order chi connectivity index (χ0) is 22.7. The standard InChI is InChI=1S/C30H50O/c1-25(2)13-14-27(5)15-17-29(7)22-11-9-20-21(10-12-24(31)26(20,3)4)28(22,6)16-18-30(29,8)23(27)19-25/h9,21-24,31H,10-19H2,1-8H3/t21-,22+,23-,24-,27-,28+,29?,30+/m1/s1. The van der Waals surface area contributed by atoms with Gasteiger partial charge in [-0.15, -0.1) is 0 Å². The normalized spacial score (nSPS) is 55.2. The SMILES string of the molecule is CC1(C)CC[C@]2(C)CCC3(C)[C@H]4CC=C5[C@@H](CC[C@@H](O)C5(C)C)[C@]4(C)CC[C@@]3(C)[C@@H]2C1. The molecule has 0 aromatic carbocycles. The molecule has 8 atom stereocenters. The average molecular weight is 427 g/mol. The molecule has 0 aromatic heterocycles. The molecule has 0 saturated heterocycles. The lowest BCUT2D eigenvalue weighted by Crippen LogP contribution is -2.65. The van der Waals surface area contributed by atoms with E-state index in [0.29, 0.717) is 33.0 Å². The molecule has 176 valence electrons. The monoisotopic (exact) mass is 426 g/mol. The van der Waals surface area contributed by atoms with Gasteiger partial charge < -0.3 is 5.11 Å². The number of aliphatic hydroxyl groups excluding tert-OH is 1. The van der Waals surface area contributed by atoms with E-state index in [2.05, 4.69) is 61.5 Å². The van der Waals surface area contributed by atoms with E-state index in [1.807, 2.05) is 0 Å². The van der Waals surface area contributed by atoms with Gasteiger partial charge in [-0.25, -0.2) is 0 Å². The highest BCUT2D eigenvalue weighted by Gasteiger charge is 2.69. The lowest BCUT2D eigenvalue weighted by Gasteiger charge is -2.73. The third kappa shape index (κ3) is 2.77. The van der Waals surface area contributed by atoms with Gasteiger partial charge in [-0.05, 0) is 109 Å². The molecule has 0 aliphatic heterocycles. The molecule has 1 heteroatoms. The van der Waals surface area contributed by atoms with Gasteiger partial charge in [0.05, 0.1) is 6.10 Å². The van der Waals surface area contributed by atoms with Crippen molar-refractivity contribution in [3.63, 3.8) is 0 Å². The summed E-state index contributed by atoms with van der Waals surface area (Å²) < 4.78 is 0. The summed E-state index contributed by atoms with van der Waals surface area (Å²) in [5, 5.41) is 10.8. The first-order valence-corrected chi connectivity index (χ1v) is 13.6. The van der Waals surface area contributed by atoms with Gasteiger partial charge in [-0.1, -0.05) is 67.0 Å². The van der Waals surface area contributed by atoms with E-state index in [1.165, 1.54) is 57.8 Å². The second kappa shape index (κ2) is 6.43. The summed E-state index contributed by atoms with van der Waals surface area (Å²) in [5.74, 6) is 2.36. The fourth-order valence-corrected chi connectivity index (χ4v) is 10.4. The molecular weight excluding hydrogens is 376 g/mol. The molecule has 4 fully saturated rings. The van der Waals surface area contributed by atoms with Crippen molar-refractivity contribution in [2.45, 2.75) is 126 Å². The lowest BCUT2D eigenvalue weighted by molar-refractivity contribution is -0.230. The van der Waals surface area contributed by atoms with Crippen LogP contribution in [0.15, 0.2) is 11.6 Å². The van der Waals surface area contributed by atoms with Gasteiger partial charge in [0.25, 0.3) is 0 Å². The Labute approximate surface area is 192 Å². The Kier molecular flexibility index (Phi) is 4.66. The Bertz CT molecular complexity index is 790. The van der Waals surface area contributed by atoms with Crippen LogP contribution in [0, 0.1) is 50.2 Å². The third-order valence-corrected chi connectivity index (χ3v) is 13.1. The number of fused-ring (bicyclic) bond motifs is 7. The smallest absolute Gasteiger partial charge is 0.0628 e. The molecule has 0 bridgehead atoms. The van der Waals surface area contributed by atoms with Crippen LogP contribution in [0.2, 0.25) is 0 Å². The van der Waals surface area contributed by atoms with E-state index >= 15 is 0 Å². The minimum absolute atomic E-state index is 0.0446. The summed E-state index contributed by atoms with van der Waals surface area (Å²) >= 11 is 0. The summed E-state index contributed by atoms with van der Waals surface area (Å²) in [6.07, 6.45) is 15.9. The molecule has 0 heterocycles. The molecule has 0 radical (unpaired) electrons. The van der Waals surface area contributed by atoms with E-state index in [-0.39, 0.29) is 11.5 Å². The van der Waals surface area contributed by atoms with Gasteiger partial charge in [-0.2, -0.15) is 0 Å². The number of hydrogen-bond donors (Lipinski definition) is 1. The van der Waals surface area contributed by atoms with Crippen molar-refractivity contribution in [3.05, 3.63) is 11.6 Å². The van der Waals surface area contributed by atoms with Crippen LogP contribution in [0.3, 0.4) is 0 Å². The maximum absolute atomic E-state index is 10.8. The van der Waals surface area contributed by atoms with Crippen LogP contribution in [0.1, 0.15) is 120 Å². The molecule has 5 rings (SSSR count). The minimum atomic E-state index is -0.167. The predicted molar refractivity (Wildman–Crippen MR) is 131 cm³/mol. The van der Waals surface area contributed by atoms with Gasteiger partial charge in [0.1, 0.15) is 0 Å². The molecule has 31 heavy (non-hydrogen) atoms. The number of rotatable bonds is 0. The predicted octanol–water partition coefficient (Wildman–Crippen LogP) is 8.17. The molecule has 1 unspecified atom stereocenters. The Morgan fingerprint density at radius 1 is 0.742 bits per heavy atom. The Morgan fingerprint density at radius 3 is 2.06 bits per heavy atom. The topological polar surface area (TPSA) is 20.2 Å². The molecule has 4 saturated carbocycles. The van der Waals surface area contributed by atoms with Crippen LogP contribution in [-0.4, -0.2) is 11.2 Å². The highest BCUT2D eigenvalue weighted by molar-refractivity contribution is 5.30. The highest BCUT2D eigenvalue weighted by atomic mass is 16.3. The third-order valence-electron chi connectivity index (χ3n) is 13.1. The molecule has 0 aromatic rings. The molecule has 0 amide bonds. The zero-order valence-corrected chi connectivity index (χ0v) is 21.9. The molecule has 0 spiro atoms. The first-order chi connectivity index (χ1) is 14.2. The van der Waals surface area contributed by atoms with Gasteiger partial charge in [0.2, 0.25) is 0 Å². The van der Waals surface area contributed by atoms with Gasteiger partial charge >= 0.3 is 0 Å². The van der Waals surface area contributed by atoms with Crippen LogP contribution in [0.4, 0.5) is 0 Å². The summed E-state index contributed by atoms with van der Waals surface area (Å²) in [6.45, 7) is 20.5. The van der Waals surface area contributed by atoms with Crippen LogP contribution < -0.4 is 0 Å². The van der Waals surface area contributed by atoms with Crippen molar-refractivity contribution in [1.29, 1.82) is 0 Å². The maximum Gasteiger partial charge on any atom is 0.0628 e. The molecule has 1 N–H and O–H groups in total. The van der Waals surface area contributed by atoms with E-state index in [9.17, 15) is 5.11 Å². The van der Waals surface area contributed by atoms with Gasteiger partial charge in [0, 0.05) is 5.41 Å². The molecular formula is C30H50O. The van der Waals surface area contributed by atoms with Crippen LogP contribution in [0.5, 0.6) is 0 Å². The van der Waals surface area contributed by atoms with Crippen molar-refractivity contribution in [2.75, 3.05) is 0 Å². The van der Waals surface area contributed by atoms with Crippen molar-refractivity contribution in [1.82, 2.24) is 0 Å². The van der Waals surface area contributed by atoms with Gasteiger partial charge in [-0.3, -0.25) is 0 Å². The van der Waals surface area contributed by atoms with E-state index < -0.39 is 0 Å². The van der Waals surface area contributed by atoms with Crippen LogP contribution >= 0.6 is 0 Å². The van der Waals surface area contributed by atoms with Crippen molar-refractivity contribution < 1.29 is 5.11 Å².